The van der Waals surface area contributed by atoms with Crippen molar-refractivity contribution in [3.63, 3.8) is 0 Å². The van der Waals surface area contributed by atoms with Crippen molar-refractivity contribution in [3.05, 3.63) is 53.0 Å². The predicted octanol–water partition coefficient (Wildman–Crippen LogP) is 2.78. The van der Waals surface area contributed by atoms with Crippen LogP contribution in [0.1, 0.15) is 5.56 Å². The Hall–Kier alpha value is -2.21. The molecule has 2 aromatic carbocycles. The molecule has 0 aliphatic heterocycles. The monoisotopic (exact) mass is 316 g/mol. The fraction of sp³-hybridized carbons (Fsp3) is 0. The zero-order valence-electron chi connectivity index (χ0n) is 9.73. The lowest BCUT2D eigenvalue weighted by atomic mass is 10.1. The molecule has 0 bridgehead atoms. The molecule has 3 aromatic rings. The first-order valence-corrected chi connectivity index (χ1v) is 6.34. The number of phenolic OH excluding ortho intramolecular Hbond substituents is 1. The summed E-state index contributed by atoms with van der Waals surface area (Å²) in [4.78, 5) is 0. The van der Waals surface area contributed by atoms with E-state index in [2.05, 4.69) is 31.2 Å². The first-order chi connectivity index (χ1) is 9.25. The van der Waals surface area contributed by atoms with E-state index in [0.29, 0.717) is 5.56 Å². The first-order valence-electron chi connectivity index (χ1n) is 5.55. The molecule has 94 valence electrons. The number of hydrogen-bond acceptors (Lipinski definition) is 4. The second kappa shape index (κ2) is 4.81. The van der Waals surface area contributed by atoms with Gasteiger partial charge in [0, 0.05) is 15.4 Å². The van der Waals surface area contributed by atoms with Crippen LogP contribution in [0.15, 0.2) is 52.6 Å². The Bertz CT molecular complexity index is 753. The molecule has 0 aliphatic rings. The molecule has 0 spiro atoms. The third kappa shape index (κ3) is 2.22. The number of phenols is 1. The van der Waals surface area contributed by atoms with Gasteiger partial charge in [0.25, 0.3) is 0 Å². The molecule has 1 N–H and O–H groups in total. The van der Waals surface area contributed by atoms with E-state index >= 15 is 0 Å². The molecule has 5 nitrogen and oxygen atoms in total. The summed E-state index contributed by atoms with van der Waals surface area (Å²) < 4.78 is 2.37. The van der Waals surface area contributed by atoms with Gasteiger partial charge in [0.1, 0.15) is 18.4 Å². The summed E-state index contributed by atoms with van der Waals surface area (Å²) in [6.07, 6.45) is 4.52. The standard InChI is InChI=1S/C13H9BrN4O/c14-12-5-9(6-17-18-7-15-16-8-18)13(19)11-4-2-1-3-10(11)12/h1-8,19H/b17-6+. The largest absolute Gasteiger partial charge is 0.507 e. The Balaban J connectivity index is 2.12. The molecule has 3 rings (SSSR count). The van der Waals surface area contributed by atoms with Gasteiger partial charge in [-0.1, -0.05) is 40.2 Å². The molecule has 0 saturated heterocycles. The highest BCUT2D eigenvalue weighted by atomic mass is 79.9. The molecular weight excluding hydrogens is 308 g/mol. The number of aromatic nitrogens is 3. The van der Waals surface area contributed by atoms with Crippen LogP contribution in [-0.4, -0.2) is 26.2 Å². The molecule has 0 amide bonds. The number of halogens is 1. The highest BCUT2D eigenvalue weighted by Crippen LogP contribution is 2.33. The fourth-order valence-electron chi connectivity index (χ4n) is 1.82. The van der Waals surface area contributed by atoms with Crippen molar-refractivity contribution in [2.24, 2.45) is 5.10 Å². The van der Waals surface area contributed by atoms with Crippen molar-refractivity contribution in [1.82, 2.24) is 14.9 Å². The fourth-order valence-corrected chi connectivity index (χ4v) is 2.41. The summed E-state index contributed by atoms with van der Waals surface area (Å²) in [5.74, 6) is 0.204. The van der Waals surface area contributed by atoms with E-state index in [4.69, 9.17) is 0 Å². The highest BCUT2D eigenvalue weighted by molar-refractivity contribution is 9.10. The van der Waals surface area contributed by atoms with Gasteiger partial charge in [0.05, 0.1) is 6.21 Å². The molecule has 1 heterocycles. The minimum Gasteiger partial charge on any atom is -0.507 e. The molecule has 19 heavy (non-hydrogen) atoms. The van der Waals surface area contributed by atoms with Crippen molar-refractivity contribution >= 4 is 32.9 Å². The van der Waals surface area contributed by atoms with Gasteiger partial charge in [0.15, 0.2) is 0 Å². The van der Waals surface area contributed by atoms with Gasteiger partial charge in [-0.3, -0.25) is 0 Å². The minimum atomic E-state index is 0.204. The van der Waals surface area contributed by atoms with Crippen LogP contribution < -0.4 is 0 Å². The molecule has 1 aromatic heterocycles. The highest BCUT2D eigenvalue weighted by Gasteiger charge is 2.08. The second-order valence-electron chi connectivity index (χ2n) is 3.93. The maximum atomic E-state index is 10.2. The summed E-state index contributed by atoms with van der Waals surface area (Å²) in [7, 11) is 0. The lowest BCUT2D eigenvalue weighted by molar-refractivity contribution is 0.480. The molecule has 0 saturated carbocycles. The van der Waals surface area contributed by atoms with Gasteiger partial charge in [0.2, 0.25) is 0 Å². The minimum absolute atomic E-state index is 0.204. The zero-order valence-corrected chi connectivity index (χ0v) is 11.3. The number of hydrogen-bond donors (Lipinski definition) is 1. The van der Waals surface area contributed by atoms with Crippen LogP contribution in [0.2, 0.25) is 0 Å². The van der Waals surface area contributed by atoms with Crippen LogP contribution in [-0.2, 0) is 0 Å². The summed E-state index contributed by atoms with van der Waals surface area (Å²) >= 11 is 3.50. The number of rotatable bonds is 2. The number of benzene rings is 2. The van der Waals surface area contributed by atoms with Crippen molar-refractivity contribution in [3.8, 4) is 5.75 Å². The van der Waals surface area contributed by atoms with Crippen LogP contribution >= 0.6 is 15.9 Å². The second-order valence-corrected chi connectivity index (χ2v) is 4.78. The Morgan fingerprint density at radius 2 is 1.84 bits per heavy atom. The third-order valence-electron chi connectivity index (χ3n) is 2.73. The van der Waals surface area contributed by atoms with E-state index in [0.717, 1.165) is 15.2 Å². The normalized spacial score (nSPS) is 11.4. The Kier molecular flexibility index (Phi) is 3.00. The van der Waals surface area contributed by atoms with E-state index < -0.39 is 0 Å². The van der Waals surface area contributed by atoms with Crippen LogP contribution in [0.3, 0.4) is 0 Å². The summed E-state index contributed by atoms with van der Waals surface area (Å²) in [6.45, 7) is 0. The maximum absolute atomic E-state index is 10.2. The summed E-state index contributed by atoms with van der Waals surface area (Å²) in [6, 6.07) is 9.45. The average Bonchev–Trinajstić information content (AvgIpc) is 2.95. The van der Waals surface area contributed by atoms with Gasteiger partial charge in [-0.25, -0.2) is 4.68 Å². The first kappa shape index (κ1) is 11.9. The van der Waals surface area contributed by atoms with Crippen molar-refractivity contribution < 1.29 is 5.11 Å². The van der Waals surface area contributed by atoms with Crippen molar-refractivity contribution in [2.75, 3.05) is 0 Å². The molecule has 0 atom stereocenters. The van der Waals surface area contributed by atoms with Crippen molar-refractivity contribution in [1.29, 1.82) is 0 Å². The van der Waals surface area contributed by atoms with E-state index in [1.165, 1.54) is 17.3 Å². The van der Waals surface area contributed by atoms with Crippen LogP contribution in [0.25, 0.3) is 10.8 Å². The van der Waals surface area contributed by atoms with Crippen LogP contribution in [0.4, 0.5) is 0 Å². The smallest absolute Gasteiger partial charge is 0.141 e. The molecule has 0 fully saturated rings. The van der Waals surface area contributed by atoms with Gasteiger partial charge in [-0.2, -0.15) is 5.10 Å². The Morgan fingerprint density at radius 1 is 1.16 bits per heavy atom. The topological polar surface area (TPSA) is 63.3 Å². The number of aromatic hydroxyl groups is 1. The summed E-state index contributed by atoms with van der Waals surface area (Å²) in [5.41, 5.74) is 0.624. The van der Waals surface area contributed by atoms with Gasteiger partial charge in [-0.05, 0) is 11.5 Å². The van der Waals surface area contributed by atoms with E-state index in [1.807, 2.05) is 30.3 Å². The SMILES string of the molecule is Oc1c(/C=N/n2cnnc2)cc(Br)c2ccccc12. The molecule has 0 unspecified atom stereocenters. The molecule has 0 aliphatic carbocycles. The number of nitrogens with zero attached hydrogens (tertiary/aromatic N) is 4. The Morgan fingerprint density at radius 3 is 2.58 bits per heavy atom. The Labute approximate surface area is 117 Å². The van der Waals surface area contributed by atoms with Gasteiger partial charge in [-0.15, -0.1) is 10.2 Å². The molecule has 6 heteroatoms. The molecule has 0 radical (unpaired) electrons. The van der Waals surface area contributed by atoms with E-state index in [1.54, 1.807) is 6.21 Å². The van der Waals surface area contributed by atoms with E-state index in [9.17, 15) is 5.11 Å². The average molecular weight is 317 g/mol. The predicted molar refractivity (Wildman–Crippen MR) is 76.3 cm³/mol. The quantitative estimate of drug-likeness (QED) is 0.739. The lowest BCUT2D eigenvalue weighted by Crippen LogP contribution is -1.90. The van der Waals surface area contributed by atoms with E-state index in [-0.39, 0.29) is 5.75 Å². The van der Waals surface area contributed by atoms with Gasteiger partial charge < -0.3 is 5.11 Å². The third-order valence-corrected chi connectivity index (χ3v) is 3.39. The summed E-state index contributed by atoms with van der Waals surface area (Å²) in [5, 5.41) is 23.4. The van der Waals surface area contributed by atoms with Gasteiger partial charge >= 0.3 is 0 Å². The number of fused-ring (bicyclic) bond motifs is 1. The zero-order chi connectivity index (χ0) is 13.2. The van der Waals surface area contributed by atoms with Crippen LogP contribution in [0.5, 0.6) is 5.75 Å². The van der Waals surface area contributed by atoms with Crippen molar-refractivity contribution in [2.45, 2.75) is 0 Å². The maximum Gasteiger partial charge on any atom is 0.141 e. The molecular formula is C13H9BrN4O. The van der Waals surface area contributed by atoms with Crippen LogP contribution in [0, 0.1) is 0 Å². The lowest BCUT2D eigenvalue weighted by Gasteiger charge is -2.06.